The number of thiocarbonyl (C=S) groups is 1. The number of nitrogens with zero attached hydrogens (tertiary/aromatic N) is 3. The fourth-order valence-electron chi connectivity index (χ4n) is 4.79. The van der Waals surface area contributed by atoms with E-state index >= 15 is 0 Å². The molecule has 1 fully saturated rings. The first-order valence-electron chi connectivity index (χ1n) is 12.4. The number of hydrogen-bond acceptors (Lipinski definition) is 6. The number of anilines is 2. The number of aromatic nitrogens is 2. The third-order valence-electron chi connectivity index (χ3n) is 6.37. The van der Waals surface area contributed by atoms with Gasteiger partial charge < -0.3 is 24.3 Å². The zero-order valence-electron chi connectivity index (χ0n) is 21.7. The average Bonchev–Trinajstić information content (AvgIpc) is 3.53. The third-order valence-corrected chi connectivity index (χ3v) is 7.27. The van der Waals surface area contributed by atoms with Gasteiger partial charge in [0, 0.05) is 35.5 Å². The van der Waals surface area contributed by atoms with Crippen LogP contribution in [0, 0.1) is 0 Å². The van der Waals surface area contributed by atoms with Crippen molar-refractivity contribution >= 4 is 38.7 Å². The van der Waals surface area contributed by atoms with Gasteiger partial charge in [-0.25, -0.2) is 8.42 Å². The SMILES string of the molecule is CCOc1ccc(-n2cccc2[C@H]2[C@@H](c3ccccn3)NC(=S)N2c2ccc(NS(C)(=O)=O)c(OC)c2)cc1. The first-order chi connectivity index (χ1) is 18.8. The summed E-state index contributed by atoms with van der Waals surface area (Å²) in [6.07, 6.45) is 4.88. The molecule has 11 heteroatoms. The summed E-state index contributed by atoms with van der Waals surface area (Å²) in [7, 11) is -1.99. The maximum atomic E-state index is 11.9. The maximum absolute atomic E-state index is 11.9. The summed E-state index contributed by atoms with van der Waals surface area (Å²) in [5, 5.41) is 3.98. The normalized spacial score (nSPS) is 17.1. The molecule has 5 rings (SSSR count). The number of pyridine rings is 1. The van der Waals surface area contributed by atoms with E-state index in [1.807, 2.05) is 72.6 Å². The first-order valence-corrected chi connectivity index (χ1v) is 14.7. The van der Waals surface area contributed by atoms with E-state index in [2.05, 4.69) is 25.7 Å². The molecule has 3 heterocycles. The van der Waals surface area contributed by atoms with Gasteiger partial charge in [0.15, 0.2) is 5.11 Å². The topological polar surface area (TPSA) is 97.7 Å². The predicted octanol–water partition coefficient (Wildman–Crippen LogP) is 4.83. The summed E-state index contributed by atoms with van der Waals surface area (Å²) in [5.74, 6) is 1.18. The fraction of sp³-hybridized carbons (Fsp3) is 0.214. The molecule has 1 aliphatic rings. The Morgan fingerprint density at radius 1 is 1.05 bits per heavy atom. The molecule has 0 bridgehead atoms. The second-order valence-corrected chi connectivity index (χ2v) is 11.1. The van der Waals surface area contributed by atoms with Crippen molar-refractivity contribution < 1.29 is 17.9 Å². The van der Waals surface area contributed by atoms with Gasteiger partial charge in [-0.05, 0) is 79.8 Å². The molecule has 0 unspecified atom stereocenters. The smallest absolute Gasteiger partial charge is 0.229 e. The third kappa shape index (κ3) is 5.55. The lowest BCUT2D eigenvalue weighted by Gasteiger charge is -2.29. The minimum absolute atomic E-state index is 0.255. The van der Waals surface area contributed by atoms with Gasteiger partial charge >= 0.3 is 0 Å². The molecule has 2 N–H and O–H groups in total. The minimum Gasteiger partial charge on any atom is -0.494 e. The molecule has 1 saturated heterocycles. The van der Waals surface area contributed by atoms with E-state index in [9.17, 15) is 8.42 Å². The molecule has 39 heavy (non-hydrogen) atoms. The fourth-order valence-corrected chi connectivity index (χ4v) is 5.70. The predicted molar refractivity (Wildman–Crippen MR) is 156 cm³/mol. The Morgan fingerprint density at radius 2 is 1.82 bits per heavy atom. The highest BCUT2D eigenvalue weighted by atomic mass is 32.2. The van der Waals surface area contributed by atoms with Crippen molar-refractivity contribution in [1.82, 2.24) is 14.9 Å². The summed E-state index contributed by atoms with van der Waals surface area (Å²) < 4.78 is 39.5. The molecule has 1 aliphatic heterocycles. The Kier molecular flexibility index (Phi) is 7.45. The molecule has 2 atom stereocenters. The maximum Gasteiger partial charge on any atom is 0.229 e. The zero-order valence-corrected chi connectivity index (χ0v) is 23.4. The average molecular weight is 564 g/mol. The number of sulfonamides is 1. The highest BCUT2D eigenvalue weighted by Crippen LogP contribution is 2.44. The molecule has 0 saturated carbocycles. The molecule has 0 radical (unpaired) electrons. The van der Waals surface area contributed by atoms with Gasteiger partial charge in [0.2, 0.25) is 10.0 Å². The molecule has 9 nitrogen and oxygen atoms in total. The van der Waals surface area contributed by atoms with Crippen LogP contribution in [-0.4, -0.2) is 43.1 Å². The number of benzene rings is 2. The molecule has 0 aliphatic carbocycles. The Balaban J connectivity index is 1.61. The lowest BCUT2D eigenvalue weighted by molar-refractivity contribution is 0.340. The number of ether oxygens (including phenoxy) is 2. The van der Waals surface area contributed by atoms with E-state index in [1.54, 1.807) is 18.3 Å². The van der Waals surface area contributed by atoms with Gasteiger partial charge in [0.1, 0.15) is 17.5 Å². The van der Waals surface area contributed by atoms with Crippen LogP contribution in [0.25, 0.3) is 5.69 Å². The van der Waals surface area contributed by atoms with Crippen LogP contribution in [0.4, 0.5) is 11.4 Å². The largest absolute Gasteiger partial charge is 0.494 e. The summed E-state index contributed by atoms with van der Waals surface area (Å²) in [5.41, 5.74) is 3.89. The van der Waals surface area contributed by atoms with Crippen molar-refractivity contribution in [3.63, 3.8) is 0 Å². The Hall–Kier alpha value is -4.09. The van der Waals surface area contributed by atoms with Crippen molar-refractivity contribution in [2.75, 3.05) is 29.6 Å². The number of nitrogens with one attached hydrogen (secondary N) is 2. The molecule has 2 aromatic heterocycles. The van der Waals surface area contributed by atoms with Gasteiger partial charge in [-0.15, -0.1) is 0 Å². The second kappa shape index (κ2) is 11.0. The zero-order chi connectivity index (χ0) is 27.6. The van der Waals surface area contributed by atoms with E-state index in [0.717, 1.165) is 34.8 Å². The van der Waals surface area contributed by atoms with E-state index in [4.69, 9.17) is 21.7 Å². The number of rotatable bonds is 9. The number of hydrogen-bond donors (Lipinski definition) is 2. The van der Waals surface area contributed by atoms with Crippen molar-refractivity contribution in [3.05, 3.63) is 96.6 Å². The van der Waals surface area contributed by atoms with E-state index in [1.165, 1.54) is 7.11 Å². The van der Waals surface area contributed by atoms with Gasteiger partial charge in [-0.2, -0.15) is 0 Å². The standard InChI is InChI=1S/C28H29N5O4S2/c1-4-37-21-13-10-19(11-14-21)32-17-7-9-24(32)27-26(23-8-5-6-16-29-23)30-28(38)33(27)20-12-15-22(25(18-20)36-2)31-39(3,34)35/h5-18,26-27,31H,4H2,1-3H3,(H,30,38)/t26-,27+/m1/s1. The van der Waals surface area contributed by atoms with Crippen molar-refractivity contribution in [2.45, 2.75) is 19.0 Å². The van der Waals surface area contributed by atoms with Crippen LogP contribution in [0.5, 0.6) is 11.5 Å². The van der Waals surface area contributed by atoms with Gasteiger partial charge in [0.05, 0.1) is 37.4 Å². The van der Waals surface area contributed by atoms with Gasteiger partial charge in [0.25, 0.3) is 0 Å². The molecule has 4 aromatic rings. The highest BCUT2D eigenvalue weighted by molar-refractivity contribution is 7.92. The Bertz CT molecular complexity index is 1570. The van der Waals surface area contributed by atoms with Crippen molar-refractivity contribution in [2.24, 2.45) is 0 Å². The van der Waals surface area contributed by atoms with Gasteiger partial charge in [-0.1, -0.05) is 6.07 Å². The molecule has 0 amide bonds. The van der Waals surface area contributed by atoms with E-state index < -0.39 is 10.0 Å². The van der Waals surface area contributed by atoms with Crippen molar-refractivity contribution in [1.29, 1.82) is 0 Å². The van der Waals surface area contributed by atoms with Crippen LogP contribution < -0.4 is 24.4 Å². The van der Waals surface area contributed by atoms with Gasteiger partial charge in [-0.3, -0.25) is 9.71 Å². The highest BCUT2D eigenvalue weighted by Gasteiger charge is 2.42. The molecular formula is C28H29N5O4S2. The molecule has 0 spiro atoms. The summed E-state index contributed by atoms with van der Waals surface area (Å²) in [4.78, 5) is 6.65. The lowest BCUT2D eigenvalue weighted by atomic mass is 10.0. The van der Waals surface area contributed by atoms with E-state index in [0.29, 0.717) is 23.2 Å². The van der Waals surface area contributed by atoms with Crippen molar-refractivity contribution in [3.8, 4) is 17.2 Å². The Labute approximate surface area is 233 Å². The van der Waals surface area contributed by atoms with Crippen LogP contribution in [0.3, 0.4) is 0 Å². The summed E-state index contributed by atoms with van der Waals surface area (Å²) in [6, 6.07) is 22.5. The lowest BCUT2D eigenvalue weighted by Crippen LogP contribution is -2.30. The minimum atomic E-state index is -3.49. The monoisotopic (exact) mass is 563 g/mol. The molecule has 202 valence electrons. The molecular weight excluding hydrogens is 534 g/mol. The second-order valence-electron chi connectivity index (χ2n) is 8.99. The summed E-state index contributed by atoms with van der Waals surface area (Å²) in [6.45, 7) is 2.56. The number of methoxy groups -OCH3 is 1. The van der Waals surface area contributed by atoms with Crippen LogP contribution in [0.15, 0.2) is 85.2 Å². The molecule has 2 aromatic carbocycles. The van der Waals surface area contributed by atoms with Crippen LogP contribution in [0.1, 0.15) is 30.4 Å². The van der Waals surface area contributed by atoms with Crippen LogP contribution in [0.2, 0.25) is 0 Å². The quantitative estimate of drug-likeness (QED) is 0.280. The van der Waals surface area contributed by atoms with E-state index in [-0.39, 0.29) is 12.1 Å². The van der Waals surface area contributed by atoms with Crippen LogP contribution >= 0.6 is 12.2 Å². The Morgan fingerprint density at radius 3 is 2.49 bits per heavy atom. The first kappa shape index (κ1) is 26.5. The summed E-state index contributed by atoms with van der Waals surface area (Å²) >= 11 is 5.87. The van der Waals surface area contributed by atoms with Crippen LogP contribution in [-0.2, 0) is 10.0 Å².